The van der Waals surface area contributed by atoms with Gasteiger partial charge in [-0.2, -0.15) is 0 Å². The van der Waals surface area contributed by atoms with Crippen molar-refractivity contribution in [1.29, 1.82) is 0 Å². The van der Waals surface area contributed by atoms with E-state index >= 15 is 0 Å². The molecule has 7 nitrogen and oxygen atoms in total. The third-order valence-electron chi connectivity index (χ3n) is 5.04. The van der Waals surface area contributed by atoms with Crippen LogP contribution in [0.3, 0.4) is 0 Å². The van der Waals surface area contributed by atoms with Gasteiger partial charge in [0, 0.05) is 18.3 Å². The molecule has 33 heavy (non-hydrogen) atoms. The molecule has 2 rings (SSSR count). The first-order valence-corrected chi connectivity index (χ1v) is 11.6. The normalized spacial score (nSPS) is 10.9. The van der Waals surface area contributed by atoms with Crippen molar-refractivity contribution < 1.29 is 19.1 Å². The molecule has 2 aromatic carbocycles. The Balaban J connectivity index is 1.75. The number of carbonyl (C=O) groups excluding carboxylic acids is 2. The molecule has 0 atom stereocenters. The molecular formula is C26H37N3O4. The third-order valence-corrected chi connectivity index (χ3v) is 5.04. The van der Waals surface area contributed by atoms with Gasteiger partial charge in [0.1, 0.15) is 0 Å². The number of likely N-dealkylation sites (N-methyl/N-ethyl adjacent to an activating group) is 1. The summed E-state index contributed by atoms with van der Waals surface area (Å²) < 4.78 is 11.1. The zero-order valence-corrected chi connectivity index (χ0v) is 20.4. The average molecular weight is 456 g/mol. The Morgan fingerprint density at radius 3 is 2.18 bits per heavy atom. The summed E-state index contributed by atoms with van der Waals surface area (Å²) in [5.41, 5.74) is 3.12. The highest BCUT2D eigenvalue weighted by Gasteiger charge is 2.13. The van der Waals surface area contributed by atoms with Crippen LogP contribution in [0, 0.1) is 0 Å². The molecule has 0 unspecified atom stereocenters. The van der Waals surface area contributed by atoms with Gasteiger partial charge in [-0.25, -0.2) is 0 Å². The van der Waals surface area contributed by atoms with Gasteiger partial charge in [-0.3, -0.25) is 14.5 Å². The number of anilines is 1. The largest absolute Gasteiger partial charge is 0.490 e. The number of hydrogen-bond acceptors (Lipinski definition) is 5. The maximum Gasteiger partial charge on any atom is 0.238 e. The zero-order valence-electron chi connectivity index (χ0n) is 20.4. The summed E-state index contributed by atoms with van der Waals surface area (Å²) in [5, 5.41) is 5.76. The summed E-state index contributed by atoms with van der Waals surface area (Å²) in [6.07, 6.45) is 0.772. The Kier molecular flexibility index (Phi) is 10.7. The number of amides is 2. The van der Waals surface area contributed by atoms with Crippen LogP contribution >= 0.6 is 0 Å². The number of rotatable bonds is 13. The Morgan fingerprint density at radius 1 is 0.909 bits per heavy atom. The van der Waals surface area contributed by atoms with E-state index in [0.717, 1.165) is 6.42 Å². The molecule has 0 radical (unpaired) electrons. The van der Waals surface area contributed by atoms with Crippen LogP contribution < -0.4 is 20.1 Å². The third kappa shape index (κ3) is 9.14. The number of benzene rings is 2. The van der Waals surface area contributed by atoms with Crippen molar-refractivity contribution in [2.75, 3.05) is 45.2 Å². The topological polar surface area (TPSA) is 79.9 Å². The van der Waals surface area contributed by atoms with E-state index in [2.05, 4.69) is 48.7 Å². The lowest BCUT2D eigenvalue weighted by molar-refractivity contribution is -0.122. The minimum Gasteiger partial charge on any atom is -0.490 e. The fraction of sp³-hybridized carbons (Fsp3) is 0.462. The van der Waals surface area contributed by atoms with Crippen LogP contribution in [0.4, 0.5) is 5.69 Å². The average Bonchev–Trinajstić information content (AvgIpc) is 2.76. The quantitative estimate of drug-likeness (QED) is 0.480. The van der Waals surface area contributed by atoms with Crippen molar-refractivity contribution in [3.8, 4) is 11.5 Å². The molecule has 0 bridgehead atoms. The van der Waals surface area contributed by atoms with E-state index in [1.807, 2.05) is 13.8 Å². The van der Waals surface area contributed by atoms with Gasteiger partial charge >= 0.3 is 0 Å². The Hall–Kier alpha value is -3.06. The van der Waals surface area contributed by atoms with E-state index in [1.54, 1.807) is 30.1 Å². The number of carbonyl (C=O) groups is 2. The molecule has 0 heterocycles. The molecule has 0 fully saturated rings. The highest BCUT2D eigenvalue weighted by molar-refractivity contribution is 5.93. The molecule has 2 N–H and O–H groups in total. The summed E-state index contributed by atoms with van der Waals surface area (Å²) in [6.45, 7) is 9.97. The van der Waals surface area contributed by atoms with Gasteiger partial charge in [0.2, 0.25) is 11.8 Å². The van der Waals surface area contributed by atoms with Gasteiger partial charge in [0.05, 0.1) is 26.3 Å². The summed E-state index contributed by atoms with van der Waals surface area (Å²) >= 11 is 0. The number of hydrogen-bond donors (Lipinski definition) is 2. The maximum atomic E-state index is 12.4. The summed E-state index contributed by atoms with van der Waals surface area (Å²) in [4.78, 5) is 26.3. The maximum absolute atomic E-state index is 12.4. The van der Waals surface area contributed by atoms with E-state index < -0.39 is 0 Å². The van der Waals surface area contributed by atoms with Gasteiger partial charge in [0.15, 0.2) is 11.5 Å². The monoisotopic (exact) mass is 455 g/mol. The second kappa shape index (κ2) is 13.5. The van der Waals surface area contributed by atoms with E-state index in [9.17, 15) is 9.59 Å². The fourth-order valence-corrected chi connectivity index (χ4v) is 3.35. The van der Waals surface area contributed by atoms with Crippen molar-refractivity contribution in [1.82, 2.24) is 10.2 Å². The molecule has 0 aromatic heterocycles. The second-order valence-electron chi connectivity index (χ2n) is 8.24. The molecule has 2 aromatic rings. The summed E-state index contributed by atoms with van der Waals surface area (Å²) in [5.74, 6) is 1.42. The standard InChI is InChI=1S/C26H37N3O4/c1-6-32-23-13-12-22(16-24(23)33-7-2)28-26(31)18-29(5)17-25(30)27-15-14-20-8-10-21(11-9-20)19(3)4/h8-13,16,19H,6-7,14-15,17-18H2,1-5H3,(H,27,30)(H,28,31). The number of nitrogens with one attached hydrogen (secondary N) is 2. The van der Waals surface area contributed by atoms with Crippen LogP contribution in [-0.2, 0) is 16.0 Å². The van der Waals surface area contributed by atoms with Gasteiger partial charge in [-0.15, -0.1) is 0 Å². The molecule has 180 valence electrons. The van der Waals surface area contributed by atoms with E-state index in [1.165, 1.54) is 11.1 Å². The first-order chi connectivity index (χ1) is 15.8. The Bertz CT molecular complexity index is 897. The van der Waals surface area contributed by atoms with Gasteiger partial charge < -0.3 is 20.1 Å². The minimum atomic E-state index is -0.206. The first-order valence-electron chi connectivity index (χ1n) is 11.6. The Morgan fingerprint density at radius 2 is 1.55 bits per heavy atom. The van der Waals surface area contributed by atoms with Crippen LogP contribution in [-0.4, -0.2) is 56.6 Å². The van der Waals surface area contributed by atoms with Crippen LogP contribution in [0.5, 0.6) is 11.5 Å². The van der Waals surface area contributed by atoms with E-state index in [-0.39, 0.29) is 24.9 Å². The highest BCUT2D eigenvalue weighted by atomic mass is 16.5. The van der Waals surface area contributed by atoms with Crippen LogP contribution in [0.2, 0.25) is 0 Å². The molecule has 0 saturated carbocycles. The second-order valence-corrected chi connectivity index (χ2v) is 8.24. The molecule has 0 spiro atoms. The molecule has 0 aliphatic rings. The predicted molar refractivity (Wildman–Crippen MR) is 132 cm³/mol. The minimum absolute atomic E-state index is 0.0985. The van der Waals surface area contributed by atoms with Crippen LogP contribution in [0.15, 0.2) is 42.5 Å². The molecule has 0 aliphatic carbocycles. The number of nitrogens with zero attached hydrogens (tertiary/aromatic N) is 1. The smallest absolute Gasteiger partial charge is 0.238 e. The number of ether oxygens (including phenoxy) is 2. The SMILES string of the molecule is CCOc1ccc(NC(=O)CN(C)CC(=O)NCCc2ccc(C(C)C)cc2)cc1OCC. The van der Waals surface area contributed by atoms with Gasteiger partial charge in [-0.1, -0.05) is 38.1 Å². The first kappa shape index (κ1) is 26.2. The fourth-order valence-electron chi connectivity index (χ4n) is 3.35. The lowest BCUT2D eigenvalue weighted by Gasteiger charge is -2.17. The van der Waals surface area contributed by atoms with E-state index in [4.69, 9.17) is 9.47 Å². The van der Waals surface area contributed by atoms with E-state index in [0.29, 0.717) is 42.9 Å². The van der Waals surface area contributed by atoms with Crippen molar-refractivity contribution >= 4 is 17.5 Å². The van der Waals surface area contributed by atoms with Gasteiger partial charge in [0.25, 0.3) is 0 Å². The van der Waals surface area contributed by atoms with Crippen molar-refractivity contribution in [3.63, 3.8) is 0 Å². The Labute approximate surface area is 197 Å². The van der Waals surface area contributed by atoms with Crippen molar-refractivity contribution in [3.05, 3.63) is 53.6 Å². The van der Waals surface area contributed by atoms with Crippen LogP contribution in [0.1, 0.15) is 44.7 Å². The van der Waals surface area contributed by atoms with Crippen molar-refractivity contribution in [2.45, 2.75) is 40.0 Å². The molecule has 0 aliphatic heterocycles. The molecular weight excluding hydrogens is 418 g/mol. The predicted octanol–water partition coefficient (Wildman–Crippen LogP) is 3.84. The van der Waals surface area contributed by atoms with Crippen LogP contribution in [0.25, 0.3) is 0 Å². The van der Waals surface area contributed by atoms with Crippen molar-refractivity contribution in [2.24, 2.45) is 0 Å². The highest BCUT2D eigenvalue weighted by Crippen LogP contribution is 2.30. The summed E-state index contributed by atoms with van der Waals surface area (Å²) in [7, 11) is 1.74. The van der Waals surface area contributed by atoms with Gasteiger partial charge in [-0.05, 0) is 56.5 Å². The molecule has 2 amide bonds. The zero-order chi connectivity index (χ0) is 24.2. The lowest BCUT2D eigenvalue weighted by atomic mass is 10.0. The lowest BCUT2D eigenvalue weighted by Crippen LogP contribution is -2.39. The molecule has 7 heteroatoms. The molecule has 0 saturated heterocycles. The summed E-state index contributed by atoms with van der Waals surface area (Å²) in [6, 6.07) is 13.8.